The van der Waals surface area contributed by atoms with E-state index >= 15 is 0 Å². The van der Waals surface area contributed by atoms with Crippen molar-refractivity contribution in [2.24, 2.45) is 5.92 Å². The summed E-state index contributed by atoms with van der Waals surface area (Å²) in [5.41, 5.74) is 1.08. The van der Waals surface area contributed by atoms with Gasteiger partial charge in [-0.1, -0.05) is 19.3 Å². The van der Waals surface area contributed by atoms with Crippen LogP contribution in [0.4, 0.5) is 5.69 Å². The molecule has 0 bridgehead atoms. The number of hydrogen-bond donors (Lipinski definition) is 1. The smallest absolute Gasteiger partial charge is 0.257 e. The SMILES string of the molecule is CN1CCN(C(=O)C[C@H]2CC[C@H]3[C@H](COc4ccc(NC(=O)C5CCCCC5)cc4C(=O)N3C)O2)CC1. The fourth-order valence-corrected chi connectivity index (χ4v) is 6.09. The lowest BCUT2D eigenvalue weighted by Crippen LogP contribution is -2.54. The Morgan fingerprint density at radius 2 is 1.76 bits per heavy atom. The quantitative estimate of drug-likeness (QED) is 0.667. The van der Waals surface area contributed by atoms with Crippen molar-refractivity contribution in [1.82, 2.24) is 14.7 Å². The lowest BCUT2D eigenvalue weighted by Gasteiger charge is -2.42. The van der Waals surface area contributed by atoms with Gasteiger partial charge in [0.25, 0.3) is 5.91 Å². The highest BCUT2D eigenvalue weighted by Crippen LogP contribution is 2.33. The first kappa shape index (κ1) is 26.0. The lowest BCUT2D eigenvalue weighted by molar-refractivity contribution is -0.144. The Morgan fingerprint density at radius 1 is 1.00 bits per heavy atom. The van der Waals surface area contributed by atoms with Gasteiger partial charge in [0.15, 0.2) is 0 Å². The summed E-state index contributed by atoms with van der Waals surface area (Å²) in [6.07, 6.45) is 6.60. The molecule has 37 heavy (non-hydrogen) atoms. The van der Waals surface area contributed by atoms with Crippen LogP contribution in [0.5, 0.6) is 5.75 Å². The minimum atomic E-state index is -0.299. The molecule has 3 fully saturated rings. The molecule has 1 aromatic carbocycles. The van der Waals surface area contributed by atoms with Crippen LogP contribution in [0.25, 0.3) is 0 Å². The number of ether oxygens (including phenoxy) is 2. The van der Waals surface area contributed by atoms with E-state index in [1.807, 2.05) is 4.90 Å². The second-order valence-electron chi connectivity index (χ2n) is 11.1. The largest absolute Gasteiger partial charge is 0.490 e. The molecule has 3 aliphatic heterocycles. The first-order valence-corrected chi connectivity index (χ1v) is 13.9. The zero-order valence-corrected chi connectivity index (χ0v) is 22.1. The topological polar surface area (TPSA) is 91.4 Å². The Balaban J connectivity index is 1.23. The van der Waals surface area contributed by atoms with Crippen molar-refractivity contribution >= 4 is 23.4 Å². The van der Waals surface area contributed by atoms with Crippen LogP contribution < -0.4 is 10.1 Å². The minimum absolute atomic E-state index is 0.0325. The Morgan fingerprint density at radius 3 is 2.51 bits per heavy atom. The molecule has 1 aliphatic carbocycles. The highest BCUT2D eigenvalue weighted by molar-refractivity contribution is 6.00. The molecule has 3 atom stereocenters. The van der Waals surface area contributed by atoms with Crippen LogP contribution in [0.15, 0.2) is 18.2 Å². The maximum Gasteiger partial charge on any atom is 0.257 e. The van der Waals surface area contributed by atoms with Crippen molar-refractivity contribution in [3.8, 4) is 5.75 Å². The van der Waals surface area contributed by atoms with E-state index in [-0.39, 0.29) is 41.9 Å². The van der Waals surface area contributed by atoms with Crippen molar-refractivity contribution in [1.29, 1.82) is 0 Å². The molecule has 3 amide bonds. The number of nitrogens with one attached hydrogen (secondary N) is 1. The number of benzene rings is 1. The van der Waals surface area contributed by atoms with Gasteiger partial charge in [-0.2, -0.15) is 0 Å². The number of likely N-dealkylation sites (N-methyl/N-ethyl adjacent to an activating group) is 2. The Kier molecular flexibility index (Phi) is 8.00. The molecule has 0 spiro atoms. The van der Waals surface area contributed by atoms with E-state index in [1.54, 1.807) is 30.1 Å². The highest BCUT2D eigenvalue weighted by atomic mass is 16.5. The van der Waals surface area contributed by atoms with Crippen LogP contribution in [0, 0.1) is 5.92 Å². The zero-order chi connectivity index (χ0) is 25.9. The standard InChI is InChI=1S/C28H40N4O5/c1-30-12-14-32(15-13-30)26(33)17-21-9-10-23-25(37-21)18-36-24-11-8-20(16-22(24)28(35)31(23)2)29-27(34)19-6-4-3-5-7-19/h8,11,16,19,21,23,25H,3-7,9-10,12-15,17-18H2,1-2H3,(H,29,34)/t21-,23+,25+/m1/s1. The summed E-state index contributed by atoms with van der Waals surface area (Å²) >= 11 is 0. The van der Waals surface area contributed by atoms with Crippen molar-refractivity contribution in [3.63, 3.8) is 0 Å². The molecule has 1 aromatic rings. The summed E-state index contributed by atoms with van der Waals surface area (Å²) in [5, 5.41) is 3.01. The van der Waals surface area contributed by atoms with Crippen molar-refractivity contribution < 1.29 is 23.9 Å². The van der Waals surface area contributed by atoms with Gasteiger partial charge in [-0.15, -0.1) is 0 Å². The van der Waals surface area contributed by atoms with Gasteiger partial charge in [0.2, 0.25) is 11.8 Å². The third-order valence-electron chi connectivity index (χ3n) is 8.51. The number of rotatable bonds is 4. The van der Waals surface area contributed by atoms with Crippen molar-refractivity contribution in [3.05, 3.63) is 23.8 Å². The average Bonchev–Trinajstić information content (AvgIpc) is 2.92. The van der Waals surface area contributed by atoms with Crippen LogP contribution >= 0.6 is 0 Å². The molecular formula is C28H40N4O5. The fourth-order valence-electron chi connectivity index (χ4n) is 6.09. The summed E-state index contributed by atoms with van der Waals surface area (Å²) in [6.45, 7) is 3.62. The number of hydrogen-bond acceptors (Lipinski definition) is 6. The maximum absolute atomic E-state index is 13.5. The van der Waals surface area contributed by atoms with Crippen LogP contribution in [0.2, 0.25) is 0 Å². The fraction of sp³-hybridized carbons (Fsp3) is 0.679. The van der Waals surface area contributed by atoms with Crippen LogP contribution in [0.1, 0.15) is 61.7 Å². The van der Waals surface area contributed by atoms with E-state index in [9.17, 15) is 14.4 Å². The minimum Gasteiger partial charge on any atom is -0.490 e. The molecule has 0 unspecified atom stereocenters. The van der Waals surface area contributed by atoms with Gasteiger partial charge in [-0.3, -0.25) is 14.4 Å². The van der Waals surface area contributed by atoms with Gasteiger partial charge >= 0.3 is 0 Å². The summed E-state index contributed by atoms with van der Waals surface area (Å²) in [5.74, 6) is 0.562. The normalized spacial score (nSPS) is 27.4. The van der Waals surface area contributed by atoms with Crippen molar-refractivity contribution in [2.45, 2.75) is 69.6 Å². The lowest BCUT2D eigenvalue weighted by atomic mass is 9.88. The molecule has 4 aliphatic rings. The van der Waals surface area contributed by atoms with Gasteiger partial charge in [-0.25, -0.2) is 0 Å². The number of nitrogens with zero attached hydrogens (tertiary/aromatic N) is 3. The Hall–Kier alpha value is -2.65. The number of amides is 3. The van der Waals surface area contributed by atoms with E-state index in [2.05, 4.69) is 17.3 Å². The molecule has 9 nitrogen and oxygen atoms in total. The monoisotopic (exact) mass is 512 g/mol. The third-order valence-corrected chi connectivity index (χ3v) is 8.51. The summed E-state index contributed by atoms with van der Waals surface area (Å²) in [6, 6.07) is 5.16. The van der Waals surface area contributed by atoms with E-state index in [1.165, 1.54) is 6.42 Å². The summed E-state index contributed by atoms with van der Waals surface area (Å²) < 4.78 is 12.4. The average molecular weight is 513 g/mol. The van der Waals surface area contributed by atoms with E-state index in [4.69, 9.17) is 9.47 Å². The number of carbonyl (C=O) groups excluding carboxylic acids is 3. The summed E-state index contributed by atoms with van der Waals surface area (Å²) in [4.78, 5) is 45.0. The molecule has 2 saturated heterocycles. The second kappa shape index (κ2) is 11.4. The highest BCUT2D eigenvalue weighted by Gasteiger charge is 2.39. The Labute approximate surface area is 219 Å². The predicted molar refractivity (Wildman–Crippen MR) is 140 cm³/mol. The number of anilines is 1. The third kappa shape index (κ3) is 5.93. The molecule has 1 saturated carbocycles. The van der Waals surface area contributed by atoms with Gasteiger partial charge in [0.1, 0.15) is 18.5 Å². The van der Waals surface area contributed by atoms with Gasteiger partial charge < -0.3 is 29.5 Å². The van der Waals surface area contributed by atoms with E-state index < -0.39 is 0 Å². The van der Waals surface area contributed by atoms with Gasteiger partial charge in [-0.05, 0) is 50.9 Å². The number of carbonyl (C=O) groups is 3. The first-order chi connectivity index (χ1) is 17.9. The predicted octanol–water partition coefficient (Wildman–Crippen LogP) is 2.75. The number of piperazine rings is 1. The molecule has 0 radical (unpaired) electrons. The molecule has 9 heteroatoms. The molecule has 202 valence electrons. The number of fused-ring (bicyclic) bond motifs is 2. The molecule has 0 aromatic heterocycles. The molecular weight excluding hydrogens is 472 g/mol. The van der Waals surface area contributed by atoms with Gasteiger partial charge in [0.05, 0.1) is 24.1 Å². The van der Waals surface area contributed by atoms with E-state index in [0.717, 1.165) is 64.7 Å². The van der Waals surface area contributed by atoms with E-state index in [0.29, 0.717) is 30.0 Å². The van der Waals surface area contributed by atoms with Gasteiger partial charge in [0, 0.05) is 44.8 Å². The Bertz CT molecular complexity index is 1000. The summed E-state index contributed by atoms with van der Waals surface area (Å²) in [7, 11) is 3.88. The molecule has 3 heterocycles. The second-order valence-corrected chi connectivity index (χ2v) is 11.1. The molecule has 5 rings (SSSR count). The molecule has 1 N–H and O–H groups in total. The maximum atomic E-state index is 13.5. The zero-order valence-electron chi connectivity index (χ0n) is 22.1. The van der Waals surface area contributed by atoms with Crippen molar-refractivity contribution in [2.75, 3.05) is 52.2 Å². The van der Waals surface area contributed by atoms with Crippen LogP contribution in [0.3, 0.4) is 0 Å². The first-order valence-electron chi connectivity index (χ1n) is 13.9. The van der Waals surface area contributed by atoms with Crippen LogP contribution in [-0.2, 0) is 14.3 Å². The van der Waals surface area contributed by atoms with Crippen LogP contribution in [-0.4, -0.2) is 97.6 Å².